The molecule has 2 aliphatic rings. The number of likely N-dealkylation sites (tertiary alicyclic amines) is 1. The number of aliphatic hydroxyl groups excluding tert-OH is 1. The summed E-state index contributed by atoms with van der Waals surface area (Å²) >= 11 is 0. The van der Waals surface area contributed by atoms with Crippen LogP contribution in [0.4, 0.5) is 0 Å². The SMILES string of the molecule is COc1ccc(C2CC(c3ccccc3)=NN2C(=O)CN2CCC(C(O)c3ccccc3)CC2)cc1. The molecule has 186 valence electrons. The van der Waals surface area contributed by atoms with Gasteiger partial charge < -0.3 is 9.84 Å². The molecule has 1 N–H and O–H groups in total. The molecule has 0 radical (unpaired) electrons. The molecule has 0 saturated carbocycles. The Kier molecular flexibility index (Phi) is 7.44. The van der Waals surface area contributed by atoms with Crippen LogP contribution in [0.3, 0.4) is 0 Å². The lowest BCUT2D eigenvalue weighted by Gasteiger charge is -2.34. The van der Waals surface area contributed by atoms with E-state index in [1.54, 1.807) is 12.1 Å². The average Bonchev–Trinajstić information content (AvgIpc) is 3.40. The van der Waals surface area contributed by atoms with Gasteiger partial charge in [-0.15, -0.1) is 0 Å². The second-order valence-electron chi connectivity index (χ2n) is 9.61. The summed E-state index contributed by atoms with van der Waals surface area (Å²) in [5.41, 5.74) is 3.98. The third-order valence-electron chi connectivity index (χ3n) is 7.35. The van der Waals surface area contributed by atoms with E-state index >= 15 is 0 Å². The van der Waals surface area contributed by atoms with E-state index in [0.717, 1.165) is 54.1 Å². The van der Waals surface area contributed by atoms with Crippen molar-refractivity contribution in [3.05, 3.63) is 102 Å². The third kappa shape index (κ3) is 5.35. The molecule has 2 atom stereocenters. The fraction of sp³-hybridized carbons (Fsp3) is 0.333. The second-order valence-corrected chi connectivity index (χ2v) is 9.61. The molecule has 3 aromatic carbocycles. The minimum Gasteiger partial charge on any atom is -0.497 e. The smallest absolute Gasteiger partial charge is 0.257 e. The number of nitrogens with zero attached hydrogens (tertiary/aromatic N) is 3. The van der Waals surface area contributed by atoms with Crippen LogP contribution in [0.25, 0.3) is 0 Å². The Labute approximate surface area is 212 Å². The summed E-state index contributed by atoms with van der Waals surface area (Å²) in [7, 11) is 1.65. The van der Waals surface area contributed by atoms with Gasteiger partial charge in [0.15, 0.2) is 0 Å². The van der Waals surface area contributed by atoms with E-state index in [-0.39, 0.29) is 17.9 Å². The van der Waals surface area contributed by atoms with Crippen molar-refractivity contribution in [3.63, 3.8) is 0 Å². The zero-order valence-electron chi connectivity index (χ0n) is 20.7. The normalized spacial score (nSPS) is 19.7. The summed E-state index contributed by atoms with van der Waals surface area (Å²) in [5.74, 6) is 1.00. The summed E-state index contributed by atoms with van der Waals surface area (Å²) in [6, 6.07) is 27.7. The molecule has 5 rings (SSSR count). The lowest BCUT2D eigenvalue weighted by molar-refractivity contribution is -0.134. The number of carbonyl (C=O) groups excluding carboxylic acids is 1. The fourth-order valence-electron chi connectivity index (χ4n) is 5.24. The van der Waals surface area contributed by atoms with Crippen molar-refractivity contribution < 1.29 is 14.6 Å². The Hall–Kier alpha value is -3.48. The highest BCUT2D eigenvalue weighted by atomic mass is 16.5. The van der Waals surface area contributed by atoms with Gasteiger partial charge in [-0.25, -0.2) is 5.01 Å². The van der Waals surface area contributed by atoms with E-state index < -0.39 is 6.10 Å². The lowest BCUT2D eigenvalue weighted by atomic mass is 9.87. The molecular weight excluding hydrogens is 450 g/mol. The number of aliphatic hydroxyl groups is 1. The van der Waals surface area contributed by atoms with Crippen molar-refractivity contribution in [2.45, 2.75) is 31.4 Å². The second kappa shape index (κ2) is 11.1. The van der Waals surface area contributed by atoms with Crippen molar-refractivity contribution in [2.75, 3.05) is 26.7 Å². The minimum atomic E-state index is -0.458. The first kappa shape index (κ1) is 24.2. The van der Waals surface area contributed by atoms with Crippen molar-refractivity contribution >= 4 is 11.6 Å². The molecule has 3 aromatic rings. The first-order valence-electron chi connectivity index (χ1n) is 12.7. The Morgan fingerprint density at radius 2 is 1.61 bits per heavy atom. The maximum atomic E-state index is 13.5. The van der Waals surface area contributed by atoms with Crippen LogP contribution in [-0.4, -0.2) is 53.4 Å². The molecule has 2 aliphatic heterocycles. The molecule has 0 aromatic heterocycles. The first-order chi connectivity index (χ1) is 17.6. The molecule has 1 saturated heterocycles. The van der Waals surface area contributed by atoms with Crippen molar-refractivity contribution in [3.8, 4) is 5.75 Å². The van der Waals surface area contributed by atoms with Crippen LogP contribution in [0.1, 0.15) is 48.1 Å². The van der Waals surface area contributed by atoms with Crippen LogP contribution >= 0.6 is 0 Å². The van der Waals surface area contributed by atoms with Gasteiger partial charge in [-0.3, -0.25) is 9.69 Å². The first-order valence-corrected chi connectivity index (χ1v) is 12.7. The molecule has 0 bridgehead atoms. The standard InChI is InChI=1S/C30H33N3O3/c1-36-26-14-12-23(13-15-26)28-20-27(22-8-4-2-5-9-22)31-33(28)29(34)21-32-18-16-25(17-19-32)30(35)24-10-6-3-7-11-24/h2-15,25,28,30,35H,16-21H2,1H3. The van der Waals surface area contributed by atoms with Gasteiger partial charge in [-0.1, -0.05) is 72.8 Å². The number of hydrazone groups is 1. The van der Waals surface area contributed by atoms with Crippen molar-refractivity contribution in [2.24, 2.45) is 11.0 Å². The molecule has 2 heterocycles. The monoisotopic (exact) mass is 483 g/mol. The highest BCUT2D eigenvalue weighted by Gasteiger charge is 2.35. The maximum absolute atomic E-state index is 13.5. The van der Waals surface area contributed by atoms with Crippen LogP contribution in [-0.2, 0) is 4.79 Å². The number of ether oxygens (including phenoxy) is 1. The van der Waals surface area contributed by atoms with Gasteiger partial charge in [-0.2, -0.15) is 5.10 Å². The van der Waals surface area contributed by atoms with Gasteiger partial charge in [0.1, 0.15) is 5.75 Å². The predicted octanol–water partition coefficient (Wildman–Crippen LogP) is 4.82. The Balaban J connectivity index is 1.27. The van der Waals surface area contributed by atoms with E-state index in [1.807, 2.05) is 84.9 Å². The van der Waals surface area contributed by atoms with Crippen LogP contribution in [0.2, 0.25) is 0 Å². The summed E-state index contributed by atoms with van der Waals surface area (Å²) in [4.78, 5) is 15.7. The molecular formula is C30H33N3O3. The number of benzene rings is 3. The Bertz CT molecular complexity index is 1170. The number of carbonyl (C=O) groups is 1. The maximum Gasteiger partial charge on any atom is 0.257 e. The summed E-state index contributed by atoms with van der Waals surface area (Å²) in [6.07, 6.45) is 1.95. The van der Waals surface area contributed by atoms with Gasteiger partial charge >= 0.3 is 0 Å². The van der Waals surface area contributed by atoms with E-state index in [9.17, 15) is 9.90 Å². The number of hydrogen-bond donors (Lipinski definition) is 1. The number of amides is 1. The third-order valence-corrected chi connectivity index (χ3v) is 7.35. The number of rotatable bonds is 7. The molecule has 0 aliphatic carbocycles. The molecule has 6 nitrogen and oxygen atoms in total. The minimum absolute atomic E-state index is 0.00353. The van der Waals surface area contributed by atoms with Gasteiger partial charge in [0.2, 0.25) is 0 Å². The van der Waals surface area contributed by atoms with Crippen LogP contribution in [0.15, 0.2) is 90.0 Å². The Morgan fingerprint density at radius 1 is 0.972 bits per heavy atom. The number of hydrogen-bond acceptors (Lipinski definition) is 5. The van der Waals surface area contributed by atoms with E-state index in [4.69, 9.17) is 9.84 Å². The van der Waals surface area contributed by atoms with E-state index in [1.165, 1.54) is 0 Å². The van der Waals surface area contributed by atoms with Gasteiger partial charge in [0.25, 0.3) is 5.91 Å². The van der Waals surface area contributed by atoms with Gasteiger partial charge in [-0.05, 0) is 60.7 Å². The molecule has 1 amide bonds. The lowest BCUT2D eigenvalue weighted by Crippen LogP contribution is -2.42. The predicted molar refractivity (Wildman–Crippen MR) is 141 cm³/mol. The zero-order chi connectivity index (χ0) is 24.9. The quantitative estimate of drug-likeness (QED) is 0.523. The largest absolute Gasteiger partial charge is 0.497 e. The number of methoxy groups -OCH3 is 1. The molecule has 2 unspecified atom stereocenters. The van der Waals surface area contributed by atoms with Crippen LogP contribution in [0, 0.1) is 5.92 Å². The molecule has 0 spiro atoms. The Morgan fingerprint density at radius 3 is 2.25 bits per heavy atom. The van der Waals surface area contributed by atoms with E-state index in [0.29, 0.717) is 13.0 Å². The topological polar surface area (TPSA) is 65.4 Å². The van der Waals surface area contributed by atoms with Crippen LogP contribution < -0.4 is 4.74 Å². The van der Waals surface area contributed by atoms with Crippen LogP contribution in [0.5, 0.6) is 5.75 Å². The highest BCUT2D eigenvalue weighted by Crippen LogP contribution is 2.35. The summed E-state index contributed by atoms with van der Waals surface area (Å²) < 4.78 is 5.32. The summed E-state index contributed by atoms with van der Waals surface area (Å²) in [5, 5.41) is 17.3. The van der Waals surface area contributed by atoms with Crippen molar-refractivity contribution in [1.29, 1.82) is 0 Å². The summed E-state index contributed by atoms with van der Waals surface area (Å²) in [6.45, 7) is 1.90. The highest BCUT2D eigenvalue weighted by molar-refractivity contribution is 6.03. The number of piperidine rings is 1. The van der Waals surface area contributed by atoms with Gasteiger partial charge in [0, 0.05) is 6.42 Å². The molecule has 6 heteroatoms. The fourth-order valence-corrected chi connectivity index (χ4v) is 5.24. The molecule has 36 heavy (non-hydrogen) atoms. The van der Waals surface area contributed by atoms with E-state index in [2.05, 4.69) is 4.90 Å². The average molecular weight is 484 g/mol. The van der Waals surface area contributed by atoms with Gasteiger partial charge in [0.05, 0.1) is 31.5 Å². The van der Waals surface area contributed by atoms with Crippen molar-refractivity contribution in [1.82, 2.24) is 9.91 Å². The molecule has 1 fully saturated rings. The zero-order valence-corrected chi connectivity index (χ0v) is 20.7.